The number of allylic oxidation sites excluding steroid dienone is 4. The van der Waals surface area contributed by atoms with Crippen LogP contribution in [0.2, 0.25) is 13.6 Å². The molecule has 0 saturated heterocycles. The molecule has 0 spiro atoms. The molecular weight excluding hydrogens is 119 g/mol. The van der Waals surface area contributed by atoms with Crippen molar-refractivity contribution in [1.82, 2.24) is 0 Å². The zero-order chi connectivity index (χ0) is 7.56. The summed E-state index contributed by atoms with van der Waals surface area (Å²) in [5.41, 5.74) is 3.22. The van der Waals surface area contributed by atoms with E-state index in [1.165, 1.54) is 12.8 Å². The Labute approximate surface area is 64.1 Å². The minimum absolute atomic E-state index is 0.741. The Kier molecular flexibility index (Phi) is 2.36. The molecule has 0 nitrogen and oxygen atoms in total. The molecule has 0 N–H and O–H groups in total. The molecule has 0 atom stereocenters. The molecule has 1 heteroatoms. The average Bonchev–Trinajstić information content (AvgIpc) is 1.88. The lowest BCUT2D eigenvalue weighted by Gasteiger charge is -2.14. The first-order chi connectivity index (χ1) is 4.72. The first kappa shape index (κ1) is 7.65. The van der Waals surface area contributed by atoms with Gasteiger partial charge in [0.25, 0.3) is 0 Å². The topological polar surface area (TPSA) is 0 Å². The average molecular weight is 134 g/mol. The summed E-state index contributed by atoms with van der Waals surface area (Å²) in [7, 11) is 0. The lowest BCUT2D eigenvalue weighted by atomic mass is 9.46. The fraction of sp³-hybridized carbons (Fsp3) is 0.556. The first-order valence-corrected chi connectivity index (χ1v) is 4.05. The van der Waals surface area contributed by atoms with Gasteiger partial charge in [-0.25, -0.2) is 0 Å². The van der Waals surface area contributed by atoms with Crippen LogP contribution < -0.4 is 0 Å². The van der Waals surface area contributed by atoms with E-state index >= 15 is 0 Å². The van der Waals surface area contributed by atoms with Crippen molar-refractivity contribution in [2.24, 2.45) is 0 Å². The highest BCUT2D eigenvalue weighted by Gasteiger charge is 2.10. The highest BCUT2D eigenvalue weighted by atomic mass is 14.0. The third-order valence-corrected chi connectivity index (χ3v) is 2.17. The van der Waals surface area contributed by atoms with Crippen molar-refractivity contribution < 1.29 is 0 Å². The van der Waals surface area contributed by atoms with Gasteiger partial charge in [0.2, 0.25) is 0 Å². The van der Waals surface area contributed by atoms with Crippen LogP contribution in [0.1, 0.15) is 19.8 Å². The van der Waals surface area contributed by atoms with Crippen molar-refractivity contribution in [3.05, 3.63) is 23.2 Å². The van der Waals surface area contributed by atoms with Gasteiger partial charge in [0.1, 0.15) is 0 Å². The molecule has 1 aliphatic carbocycles. The lowest BCUT2D eigenvalue weighted by Crippen LogP contribution is -2.09. The van der Waals surface area contributed by atoms with Crippen LogP contribution in [0.4, 0.5) is 0 Å². The predicted molar refractivity (Wildman–Crippen MR) is 48.6 cm³/mol. The first-order valence-electron chi connectivity index (χ1n) is 4.05. The van der Waals surface area contributed by atoms with E-state index in [4.69, 9.17) is 0 Å². The fourth-order valence-electron chi connectivity index (χ4n) is 1.50. The maximum Gasteiger partial charge on any atom is 0.164 e. The Balaban J connectivity index is 2.72. The molecule has 1 rings (SSSR count). The van der Waals surface area contributed by atoms with Gasteiger partial charge >= 0.3 is 0 Å². The van der Waals surface area contributed by atoms with Crippen LogP contribution >= 0.6 is 0 Å². The van der Waals surface area contributed by atoms with Gasteiger partial charge in [-0.3, -0.25) is 0 Å². The quantitative estimate of drug-likeness (QED) is 0.382. The second-order valence-corrected chi connectivity index (χ2v) is 3.34. The Morgan fingerprint density at radius 3 is 2.20 bits per heavy atom. The van der Waals surface area contributed by atoms with Crippen molar-refractivity contribution in [3.8, 4) is 0 Å². The zero-order valence-corrected chi connectivity index (χ0v) is 7.15. The summed E-state index contributed by atoms with van der Waals surface area (Å²) in [6.45, 7) is 7.54. The molecule has 0 fully saturated rings. The molecule has 0 heterocycles. The normalized spacial score (nSPS) is 17.9. The van der Waals surface area contributed by atoms with Gasteiger partial charge in [0, 0.05) is 0 Å². The van der Waals surface area contributed by atoms with Crippen molar-refractivity contribution in [2.75, 3.05) is 0 Å². The summed E-state index contributed by atoms with van der Waals surface area (Å²) < 4.78 is 0. The Hall–Kier alpha value is -0.455. The van der Waals surface area contributed by atoms with Crippen molar-refractivity contribution in [1.29, 1.82) is 0 Å². The van der Waals surface area contributed by atoms with Gasteiger partial charge in [0.05, 0.1) is 0 Å². The molecule has 54 valence electrons. The van der Waals surface area contributed by atoms with Gasteiger partial charge in [0.15, 0.2) is 6.71 Å². The second kappa shape index (κ2) is 3.09. The highest BCUT2D eigenvalue weighted by molar-refractivity contribution is 6.64. The SMILES string of the molecule is CB(C)C1=C(C)CC=CC1. The summed E-state index contributed by atoms with van der Waals surface area (Å²) in [5.74, 6) is 0. The zero-order valence-electron chi connectivity index (χ0n) is 7.15. The second-order valence-electron chi connectivity index (χ2n) is 3.34. The summed E-state index contributed by atoms with van der Waals surface area (Å²) >= 11 is 0. The van der Waals surface area contributed by atoms with Gasteiger partial charge in [-0.2, -0.15) is 0 Å². The predicted octanol–water partition coefficient (Wildman–Crippen LogP) is 2.95. The van der Waals surface area contributed by atoms with E-state index in [2.05, 4.69) is 32.7 Å². The maximum absolute atomic E-state index is 2.28. The van der Waals surface area contributed by atoms with E-state index in [0.717, 1.165) is 6.71 Å². The van der Waals surface area contributed by atoms with Crippen LogP contribution in [0.15, 0.2) is 23.2 Å². The van der Waals surface area contributed by atoms with E-state index in [-0.39, 0.29) is 0 Å². The van der Waals surface area contributed by atoms with E-state index in [9.17, 15) is 0 Å². The standard InChI is InChI=1S/C9H15B/c1-8-6-4-5-7-9(8)10(2)3/h4-5H,6-7H2,1-3H3. The summed E-state index contributed by atoms with van der Waals surface area (Å²) in [4.78, 5) is 0. The number of rotatable bonds is 1. The highest BCUT2D eigenvalue weighted by Crippen LogP contribution is 2.20. The lowest BCUT2D eigenvalue weighted by molar-refractivity contribution is 1.09. The molecule has 0 aromatic carbocycles. The Morgan fingerprint density at radius 1 is 1.20 bits per heavy atom. The van der Waals surface area contributed by atoms with Crippen LogP contribution in [0, 0.1) is 0 Å². The van der Waals surface area contributed by atoms with Gasteiger partial charge in [-0.1, -0.05) is 36.8 Å². The molecule has 0 bridgehead atoms. The Bertz CT molecular complexity index is 175. The van der Waals surface area contributed by atoms with Crippen molar-refractivity contribution in [3.63, 3.8) is 0 Å². The van der Waals surface area contributed by atoms with Crippen LogP contribution in [-0.4, -0.2) is 6.71 Å². The smallest absolute Gasteiger partial charge is 0.0988 e. The summed E-state index contributed by atoms with van der Waals surface area (Å²) in [6, 6.07) is 0. The molecule has 0 aliphatic heterocycles. The third kappa shape index (κ3) is 1.53. The van der Waals surface area contributed by atoms with E-state index in [1.807, 2.05) is 0 Å². The minimum Gasteiger partial charge on any atom is -0.0988 e. The van der Waals surface area contributed by atoms with Crippen molar-refractivity contribution in [2.45, 2.75) is 33.4 Å². The minimum atomic E-state index is 0.741. The van der Waals surface area contributed by atoms with Crippen LogP contribution in [0.25, 0.3) is 0 Å². The third-order valence-electron chi connectivity index (χ3n) is 2.17. The van der Waals surface area contributed by atoms with Crippen LogP contribution in [0.3, 0.4) is 0 Å². The molecule has 0 unspecified atom stereocenters. The van der Waals surface area contributed by atoms with Crippen LogP contribution in [0.5, 0.6) is 0 Å². The fourth-order valence-corrected chi connectivity index (χ4v) is 1.50. The maximum atomic E-state index is 2.28. The molecule has 1 aliphatic rings. The largest absolute Gasteiger partial charge is 0.164 e. The van der Waals surface area contributed by atoms with Gasteiger partial charge in [-0.15, -0.1) is 0 Å². The monoisotopic (exact) mass is 134 g/mol. The molecule has 0 amide bonds. The number of hydrogen-bond acceptors (Lipinski definition) is 0. The van der Waals surface area contributed by atoms with Crippen molar-refractivity contribution >= 4 is 6.71 Å². The van der Waals surface area contributed by atoms with Gasteiger partial charge < -0.3 is 0 Å². The molecule has 0 aromatic rings. The van der Waals surface area contributed by atoms with Crippen LogP contribution in [-0.2, 0) is 0 Å². The van der Waals surface area contributed by atoms with E-state index < -0.39 is 0 Å². The molecule has 10 heavy (non-hydrogen) atoms. The molecule has 0 radical (unpaired) electrons. The molecule has 0 aromatic heterocycles. The summed E-state index contributed by atoms with van der Waals surface area (Å²) in [6.07, 6.45) is 6.90. The van der Waals surface area contributed by atoms with E-state index in [0.29, 0.717) is 0 Å². The molecular formula is C9H15B. The van der Waals surface area contributed by atoms with E-state index in [1.54, 1.807) is 11.0 Å². The van der Waals surface area contributed by atoms with Gasteiger partial charge in [-0.05, 0) is 19.8 Å². The summed E-state index contributed by atoms with van der Waals surface area (Å²) in [5, 5.41) is 0. The Morgan fingerprint density at radius 2 is 1.80 bits per heavy atom. The number of hydrogen-bond donors (Lipinski definition) is 0. The molecule has 0 saturated carbocycles.